The molecule has 162 valence electrons. The van der Waals surface area contributed by atoms with Gasteiger partial charge in [0.05, 0.1) is 24.4 Å². The van der Waals surface area contributed by atoms with Crippen molar-refractivity contribution in [2.75, 3.05) is 33.4 Å². The minimum atomic E-state index is 0. The van der Waals surface area contributed by atoms with Gasteiger partial charge in [-0.25, -0.2) is 9.98 Å². The number of aryl methyl sites for hydroxylation is 1. The number of hydrogen-bond donors (Lipinski definition) is 2. The zero-order chi connectivity index (χ0) is 20.0. The molecule has 0 aliphatic rings. The summed E-state index contributed by atoms with van der Waals surface area (Å²) in [6, 6.07) is 8.00. The molecule has 0 radical (unpaired) electrons. The third-order valence-corrected chi connectivity index (χ3v) is 5.16. The number of methoxy groups -OCH3 is 1. The predicted molar refractivity (Wildman–Crippen MR) is 132 cm³/mol. The molecule has 0 aliphatic carbocycles. The second-order valence-electron chi connectivity index (χ2n) is 6.25. The molecule has 2 N–H and O–H groups in total. The Hall–Kier alpha value is -1.39. The molecule has 6 nitrogen and oxygen atoms in total. The largest absolute Gasteiger partial charge is 0.497 e. The number of guanidine groups is 1. The first-order valence-electron chi connectivity index (χ1n) is 9.91. The van der Waals surface area contributed by atoms with E-state index in [4.69, 9.17) is 14.5 Å². The van der Waals surface area contributed by atoms with Gasteiger partial charge in [0.1, 0.15) is 5.75 Å². The topological polar surface area (TPSA) is 67.8 Å². The number of aliphatic imine (C=N–C) groups is 1. The van der Waals surface area contributed by atoms with Gasteiger partial charge in [0.2, 0.25) is 0 Å². The van der Waals surface area contributed by atoms with Crippen molar-refractivity contribution in [1.82, 2.24) is 15.6 Å². The summed E-state index contributed by atoms with van der Waals surface area (Å²) in [5.74, 6) is 1.67. The van der Waals surface area contributed by atoms with Crippen LogP contribution in [-0.2, 0) is 24.1 Å². The highest BCUT2D eigenvalue weighted by Crippen LogP contribution is 2.12. The Bertz CT molecular complexity index is 707. The molecule has 0 aliphatic heterocycles. The Morgan fingerprint density at radius 1 is 1.14 bits per heavy atom. The summed E-state index contributed by atoms with van der Waals surface area (Å²) in [6.07, 6.45) is 2.83. The molecule has 0 spiro atoms. The molecule has 0 bridgehead atoms. The molecule has 29 heavy (non-hydrogen) atoms. The van der Waals surface area contributed by atoms with Gasteiger partial charge in [0.25, 0.3) is 0 Å². The Balaban J connectivity index is 0.00000420. The van der Waals surface area contributed by atoms with E-state index in [1.807, 2.05) is 31.2 Å². The van der Waals surface area contributed by atoms with Crippen molar-refractivity contribution in [3.63, 3.8) is 0 Å². The van der Waals surface area contributed by atoms with Gasteiger partial charge in [0, 0.05) is 38.1 Å². The first kappa shape index (κ1) is 25.6. The van der Waals surface area contributed by atoms with Crippen LogP contribution in [0.1, 0.15) is 36.5 Å². The highest BCUT2D eigenvalue weighted by atomic mass is 127. The highest BCUT2D eigenvalue weighted by molar-refractivity contribution is 14.0. The van der Waals surface area contributed by atoms with Crippen molar-refractivity contribution >= 4 is 41.3 Å². The first-order valence-corrected chi connectivity index (χ1v) is 10.8. The van der Waals surface area contributed by atoms with Crippen molar-refractivity contribution in [3.8, 4) is 5.75 Å². The fourth-order valence-corrected chi connectivity index (χ4v) is 3.32. The molecule has 2 rings (SSSR count). The number of benzene rings is 1. The summed E-state index contributed by atoms with van der Waals surface area (Å²) in [7, 11) is 1.67. The normalized spacial score (nSPS) is 11.1. The number of nitrogens with zero attached hydrogens (tertiary/aromatic N) is 2. The van der Waals surface area contributed by atoms with Crippen LogP contribution in [-0.4, -0.2) is 44.4 Å². The fraction of sp³-hybridized carbons (Fsp3) is 0.524. The lowest BCUT2D eigenvalue weighted by atomic mass is 10.2. The number of halogens is 1. The molecule has 1 aromatic carbocycles. The van der Waals surface area contributed by atoms with Gasteiger partial charge in [-0.1, -0.05) is 19.1 Å². The van der Waals surface area contributed by atoms with E-state index in [1.54, 1.807) is 18.4 Å². The molecule has 0 atom stereocenters. The number of thiazole rings is 1. The molecule has 2 aromatic rings. The third-order valence-electron chi connectivity index (χ3n) is 4.12. The molecule has 8 heteroatoms. The maximum Gasteiger partial charge on any atom is 0.191 e. The monoisotopic (exact) mass is 532 g/mol. The smallest absolute Gasteiger partial charge is 0.191 e. The molecular weight excluding hydrogens is 499 g/mol. The minimum absolute atomic E-state index is 0. The van der Waals surface area contributed by atoms with Gasteiger partial charge in [-0.15, -0.1) is 35.3 Å². The Morgan fingerprint density at radius 3 is 2.55 bits per heavy atom. The quantitative estimate of drug-likeness (QED) is 0.187. The van der Waals surface area contributed by atoms with E-state index < -0.39 is 0 Å². The van der Waals surface area contributed by atoms with Crippen molar-refractivity contribution in [3.05, 3.63) is 45.9 Å². The zero-order valence-corrected chi connectivity index (χ0v) is 20.7. The van der Waals surface area contributed by atoms with Crippen molar-refractivity contribution < 1.29 is 9.47 Å². The van der Waals surface area contributed by atoms with Crippen LogP contribution in [0.5, 0.6) is 5.75 Å². The Labute approximate surface area is 195 Å². The lowest BCUT2D eigenvalue weighted by Crippen LogP contribution is -2.39. The van der Waals surface area contributed by atoms with E-state index in [0.717, 1.165) is 68.5 Å². The SMILES string of the molecule is CCOCCCNC(=NCc1ccc(OC)cc1)NCCc1csc(CC)n1.I. The van der Waals surface area contributed by atoms with Crippen LogP contribution < -0.4 is 15.4 Å². The van der Waals surface area contributed by atoms with Gasteiger partial charge >= 0.3 is 0 Å². The molecule has 0 saturated heterocycles. The average molecular weight is 532 g/mol. The standard InChI is InChI=1S/C21H32N4O2S.HI/c1-4-20-25-18(16-28-20)11-13-23-21(22-12-6-14-27-5-2)24-15-17-7-9-19(26-3)10-8-17;/h7-10,16H,4-6,11-15H2,1-3H3,(H2,22,23,24);1H. The lowest BCUT2D eigenvalue weighted by Gasteiger charge is -2.12. The summed E-state index contributed by atoms with van der Waals surface area (Å²) >= 11 is 1.73. The highest BCUT2D eigenvalue weighted by Gasteiger charge is 2.03. The summed E-state index contributed by atoms with van der Waals surface area (Å²) < 4.78 is 10.6. The summed E-state index contributed by atoms with van der Waals surface area (Å²) in [6.45, 7) is 7.90. The van der Waals surface area contributed by atoms with Gasteiger partial charge in [-0.05, 0) is 37.5 Å². The fourth-order valence-electron chi connectivity index (χ4n) is 2.54. The first-order chi connectivity index (χ1) is 13.7. The van der Waals surface area contributed by atoms with E-state index in [-0.39, 0.29) is 24.0 Å². The maximum atomic E-state index is 5.40. The molecule has 0 saturated carbocycles. The van der Waals surface area contributed by atoms with Gasteiger partial charge < -0.3 is 20.1 Å². The molecule has 0 fully saturated rings. The molecule has 1 aromatic heterocycles. The van der Waals surface area contributed by atoms with Crippen LogP contribution in [0.15, 0.2) is 34.6 Å². The van der Waals surface area contributed by atoms with E-state index in [0.29, 0.717) is 6.54 Å². The van der Waals surface area contributed by atoms with Crippen molar-refractivity contribution in [2.45, 2.75) is 39.7 Å². The van der Waals surface area contributed by atoms with Crippen molar-refractivity contribution in [1.29, 1.82) is 0 Å². The van der Waals surface area contributed by atoms with Crippen LogP contribution in [0.2, 0.25) is 0 Å². The number of nitrogens with one attached hydrogen (secondary N) is 2. The number of aromatic nitrogens is 1. The second kappa shape index (κ2) is 15.4. The van der Waals surface area contributed by atoms with Crippen LogP contribution in [0.3, 0.4) is 0 Å². The Morgan fingerprint density at radius 2 is 1.90 bits per heavy atom. The number of hydrogen-bond acceptors (Lipinski definition) is 5. The minimum Gasteiger partial charge on any atom is -0.497 e. The van der Waals surface area contributed by atoms with Gasteiger partial charge in [-0.3, -0.25) is 0 Å². The van der Waals surface area contributed by atoms with Crippen LogP contribution in [0.4, 0.5) is 0 Å². The van der Waals surface area contributed by atoms with Gasteiger partial charge in [0.15, 0.2) is 5.96 Å². The third kappa shape index (κ3) is 10.3. The summed E-state index contributed by atoms with van der Waals surface area (Å²) in [5, 5.41) is 10.1. The van der Waals surface area contributed by atoms with Gasteiger partial charge in [-0.2, -0.15) is 0 Å². The number of rotatable bonds is 12. The van der Waals surface area contributed by atoms with Crippen molar-refractivity contribution in [2.24, 2.45) is 4.99 Å². The lowest BCUT2D eigenvalue weighted by molar-refractivity contribution is 0.145. The summed E-state index contributed by atoms with van der Waals surface area (Å²) in [5.41, 5.74) is 2.28. The second-order valence-corrected chi connectivity index (χ2v) is 7.20. The summed E-state index contributed by atoms with van der Waals surface area (Å²) in [4.78, 5) is 9.34. The predicted octanol–water partition coefficient (Wildman–Crippen LogP) is 4.04. The van der Waals surface area contributed by atoms with E-state index in [2.05, 4.69) is 27.9 Å². The molecule has 1 heterocycles. The van der Waals surface area contributed by atoms with E-state index in [9.17, 15) is 0 Å². The maximum absolute atomic E-state index is 5.40. The number of ether oxygens (including phenoxy) is 2. The zero-order valence-electron chi connectivity index (χ0n) is 17.6. The van der Waals surface area contributed by atoms with Crippen LogP contribution >= 0.6 is 35.3 Å². The molecular formula is C21H33IN4O2S. The molecule has 0 amide bonds. The van der Waals surface area contributed by atoms with Crippen LogP contribution in [0.25, 0.3) is 0 Å². The van der Waals surface area contributed by atoms with Crippen LogP contribution in [0, 0.1) is 0 Å². The Kier molecular flexibility index (Phi) is 13.7. The van der Waals surface area contributed by atoms with E-state index >= 15 is 0 Å². The molecule has 0 unspecified atom stereocenters. The van der Waals surface area contributed by atoms with E-state index in [1.165, 1.54) is 5.01 Å². The average Bonchev–Trinajstić information content (AvgIpc) is 3.19.